The standard InChI is InChI=1S/C30H41BN2O7S/c1-7-28(4)15-20(3)30-12-10-19(2)29(5,27(30)24(34)11-13-30)25(16-28)40-26(35)18-39-22-9-8-21-17-32-33(41(6,37)38)31(36)23(21)14-22/h7-9,14,17,19-20,25,27,36H,1,10-13,15-16,18H2,2-6H3. The maximum absolute atomic E-state index is 13.5. The number of carbonyl (C=O) groups is 2. The predicted octanol–water partition coefficient (Wildman–Crippen LogP) is 3.30. The smallest absolute Gasteiger partial charge is 0.482 e. The highest BCUT2D eigenvalue weighted by atomic mass is 32.2. The van der Waals surface area contributed by atoms with E-state index in [0.717, 1.165) is 31.9 Å². The molecule has 2 bridgehead atoms. The molecule has 7 atom stereocenters. The number of fused-ring (bicyclic) bond motifs is 1. The van der Waals surface area contributed by atoms with Gasteiger partial charge in [0.15, 0.2) is 6.61 Å². The molecule has 11 heteroatoms. The molecule has 0 saturated heterocycles. The Morgan fingerprint density at radius 2 is 1.98 bits per heavy atom. The summed E-state index contributed by atoms with van der Waals surface area (Å²) in [5.41, 5.74) is -0.00718. The Morgan fingerprint density at radius 1 is 1.24 bits per heavy atom. The van der Waals surface area contributed by atoms with Crippen LogP contribution in [0.1, 0.15) is 71.8 Å². The van der Waals surface area contributed by atoms with Crippen LogP contribution >= 0.6 is 0 Å². The Morgan fingerprint density at radius 3 is 2.66 bits per heavy atom. The minimum Gasteiger partial charge on any atom is -0.482 e. The zero-order valence-electron chi connectivity index (χ0n) is 24.6. The van der Waals surface area contributed by atoms with Crippen LogP contribution in [0.15, 0.2) is 36.0 Å². The summed E-state index contributed by atoms with van der Waals surface area (Å²) in [6.45, 7) is 12.6. The second-order valence-corrected chi connectivity index (χ2v) is 15.2. The van der Waals surface area contributed by atoms with Crippen molar-refractivity contribution in [1.82, 2.24) is 4.33 Å². The van der Waals surface area contributed by atoms with E-state index < -0.39 is 34.6 Å². The zero-order valence-corrected chi connectivity index (χ0v) is 25.4. The zero-order chi connectivity index (χ0) is 30.0. The maximum atomic E-state index is 13.5. The van der Waals surface area contributed by atoms with Gasteiger partial charge in [-0.3, -0.25) is 4.79 Å². The van der Waals surface area contributed by atoms with Crippen molar-refractivity contribution < 1.29 is 32.5 Å². The number of benzene rings is 1. The van der Waals surface area contributed by atoms with Crippen molar-refractivity contribution in [2.45, 2.75) is 72.3 Å². The van der Waals surface area contributed by atoms with Crippen LogP contribution < -0.4 is 10.2 Å². The average molecular weight is 585 g/mol. The van der Waals surface area contributed by atoms with Gasteiger partial charge in [0, 0.05) is 17.8 Å². The third kappa shape index (κ3) is 4.92. The number of hydrazone groups is 1. The Bertz CT molecular complexity index is 1400. The number of carbonyl (C=O) groups excluding carboxylic acids is 2. The van der Waals surface area contributed by atoms with Crippen LogP contribution in [0, 0.1) is 34.0 Å². The number of hydrogen-bond donors (Lipinski definition) is 1. The van der Waals surface area contributed by atoms with E-state index in [-0.39, 0.29) is 35.0 Å². The molecule has 3 fully saturated rings. The molecule has 1 N–H and O–H groups in total. The summed E-state index contributed by atoms with van der Waals surface area (Å²) in [5, 5.41) is 14.4. The number of Topliss-reactive ketones (excluding diaryl/α,β-unsaturated/α-hetero) is 1. The average Bonchev–Trinajstić information content (AvgIpc) is 3.26. The Hall–Kier alpha value is -2.66. The van der Waals surface area contributed by atoms with Gasteiger partial charge >= 0.3 is 13.0 Å². The van der Waals surface area contributed by atoms with Gasteiger partial charge in [-0.15, -0.1) is 6.58 Å². The molecule has 1 aromatic carbocycles. The molecular weight excluding hydrogens is 543 g/mol. The van der Waals surface area contributed by atoms with Gasteiger partial charge in [0.05, 0.1) is 12.5 Å². The number of ketones is 1. The Kier molecular flexibility index (Phi) is 7.46. The van der Waals surface area contributed by atoms with E-state index in [1.54, 1.807) is 12.1 Å². The van der Waals surface area contributed by atoms with Crippen molar-refractivity contribution in [3.63, 3.8) is 0 Å². The van der Waals surface area contributed by atoms with Crippen LogP contribution in [0.5, 0.6) is 5.75 Å². The summed E-state index contributed by atoms with van der Waals surface area (Å²) in [7, 11) is -5.29. The lowest BCUT2D eigenvalue weighted by Crippen LogP contribution is -2.60. The highest BCUT2D eigenvalue weighted by Gasteiger charge is 2.66. The molecule has 0 amide bonds. The van der Waals surface area contributed by atoms with Crippen molar-refractivity contribution >= 4 is 40.5 Å². The van der Waals surface area contributed by atoms with Crippen LogP contribution in [0.4, 0.5) is 0 Å². The number of rotatable bonds is 6. The topological polar surface area (TPSA) is 123 Å². The molecular formula is C30H41BN2O7S. The molecule has 1 aliphatic heterocycles. The molecule has 0 aromatic heterocycles. The first-order chi connectivity index (χ1) is 19.1. The normalized spacial score (nSPS) is 36.6. The predicted molar refractivity (Wildman–Crippen MR) is 157 cm³/mol. The van der Waals surface area contributed by atoms with E-state index in [4.69, 9.17) is 9.47 Å². The lowest BCUT2D eigenvalue weighted by molar-refractivity contribution is -0.193. The number of allylic oxidation sites excluding steroid dienone is 1. The van der Waals surface area contributed by atoms with Gasteiger partial charge in [-0.05, 0) is 77.9 Å². The summed E-state index contributed by atoms with van der Waals surface area (Å²) in [5.74, 6) is 0.447. The quantitative estimate of drug-likeness (QED) is 0.309. The van der Waals surface area contributed by atoms with E-state index in [1.807, 2.05) is 6.08 Å². The maximum Gasteiger partial charge on any atom is 0.484 e. The van der Waals surface area contributed by atoms with E-state index in [0.29, 0.717) is 39.9 Å². The lowest BCUT2D eigenvalue weighted by atomic mass is 9.44. The molecule has 3 saturated carbocycles. The number of esters is 1. The fraction of sp³-hybridized carbons (Fsp3) is 0.633. The van der Waals surface area contributed by atoms with Crippen LogP contribution in [0.3, 0.4) is 0 Å². The van der Waals surface area contributed by atoms with Gasteiger partial charge in [0.2, 0.25) is 10.0 Å². The molecule has 3 aliphatic carbocycles. The Balaban J connectivity index is 1.38. The largest absolute Gasteiger partial charge is 0.484 e. The highest BCUT2D eigenvalue weighted by molar-refractivity contribution is 7.89. The summed E-state index contributed by atoms with van der Waals surface area (Å²) in [6, 6.07) is 4.77. The SMILES string of the molecule is C=CC1(C)CC(C)C23CCC(=O)C2C(C)(C(C)CC3)C(OC(=O)COc2ccc3c(c2)B(O)N(S(C)(=O)=O)N=C3)C1. The van der Waals surface area contributed by atoms with Gasteiger partial charge in [-0.2, -0.15) is 5.10 Å². The summed E-state index contributed by atoms with van der Waals surface area (Å²) < 4.78 is 36.6. The monoisotopic (exact) mass is 584 g/mol. The number of sulfonamides is 1. The van der Waals surface area contributed by atoms with Crippen LogP contribution in [0.25, 0.3) is 0 Å². The van der Waals surface area contributed by atoms with Crippen molar-refractivity contribution in [3.8, 4) is 5.75 Å². The van der Waals surface area contributed by atoms with Gasteiger partial charge in [-0.1, -0.05) is 39.8 Å². The van der Waals surface area contributed by atoms with Crippen molar-refractivity contribution in [3.05, 3.63) is 36.4 Å². The summed E-state index contributed by atoms with van der Waals surface area (Å²) in [6.07, 6.45) is 8.76. The van der Waals surface area contributed by atoms with E-state index in [9.17, 15) is 23.0 Å². The fourth-order valence-corrected chi connectivity index (χ4v) is 9.11. The van der Waals surface area contributed by atoms with Gasteiger partial charge in [0.1, 0.15) is 17.6 Å². The van der Waals surface area contributed by atoms with Gasteiger partial charge < -0.3 is 14.5 Å². The molecule has 5 rings (SSSR count). The van der Waals surface area contributed by atoms with Crippen LogP contribution in [0.2, 0.25) is 0 Å². The summed E-state index contributed by atoms with van der Waals surface area (Å²) in [4.78, 5) is 26.9. The van der Waals surface area contributed by atoms with Gasteiger partial charge in [-0.25, -0.2) is 17.5 Å². The van der Waals surface area contributed by atoms with E-state index >= 15 is 0 Å². The van der Waals surface area contributed by atoms with Crippen molar-refractivity contribution in [2.75, 3.05) is 12.9 Å². The van der Waals surface area contributed by atoms with Crippen molar-refractivity contribution in [2.24, 2.45) is 39.1 Å². The molecule has 0 radical (unpaired) electrons. The van der Waals surface area contributed by atoms with Crippen LogP contribution in [-0.4, -0.2) is 61.8 Å². The third-order valence-electron chi connectivity index (χ3n) is 10.9. The van der Waals surface area contributed by atoms with Crippen LogP contribution in [-0.2, 0) is 24.3 Å². The highest BCUT2D eigenvalue weighted by Crippen LogP contribution is 2.68. The van der Waals surface area contributed by atoms with Crippen molar-refractivity contribution in [1.29, 1.82) is 0 Å². The van der Waals surface area contributed by atoms with Gasteiger partial charge in [0.25, 0.3) is 0 Å². The fourth-order valence-electron chi connectivity index (χ4n) is 8.41. The lowest BCUT2D eigenvalue weighted by Gasteiger charge is -2.60. The summed E-state index contributed by atoms with van der Waals surface area (Å²) >= 11 is 0. The molecule has 41 heavy (non-hydrogen) atoms. The first kappa shape index (κ1) is 29.8. The second kappa shape index (κ2) is 10.3. The second-order valence-electron chi connectivity index (χ2n) is 13.3. The minimum atomic E-state index is -3.78. The van der Waals surface area contributed by atoms with E-state index in [2.05, 4.69) is 39.4 Å². The first-order valence-electron chi connectivity index (χ1n) is 14.5. The Labute approximate surface area is 243 Å². The minimum absolute atomic E-state index is 0.0860. The molecule has 1 aromatic rings. The molecule has 1 heterocycles. The molecule has 9 nitrogen and oxygen atoms in total. The number of nitrogens with zero attached hydrogens (tertiary/aromatic N) is 2. The number of hydrogen-bond acceptors (Lipinski definition) is 8. The molecule has 7 unspecified atom stereocenters. The van der Waals surface area contributed by atoms with E-state index in [1.165, 1.54) is 12.3 Å². The molecule has 4 aliphatic rings. The first-order valence-corrected chi connectivity index (χ1v) is 16.3. The number of ether oxygens (including phenoxy) is 2. The molecule has 0 spiro atoms. The third-order valence-corrected chi connectivity index (χ3v) is 11.9. The molecule has 222 valence electrons.